The number of phenolic OH excluding ortho intramolecular Hbond substituents is 1. The zero-order chi connectivity index (χ0) is 10.9. The van der Waals surface area contributed by atoms with Crippen molar-refractivity contribution in [3.05, 3.63) is 27.2 Å². The van der Waals surface area contributed by atoms with Crippen LogP contribution in [0.15, 0.2) is 16.6 Å². The average Bonchev–Trinajstić information content (AvgIpc) is 1.96. The maximum Gasteiger partial charge on any atom is 0.133 e. The molecule has 2 nitrogen and oxygen atoms in total. The van der Waals surface area contributed by atoms with E-state index in [1.54, 1.807) is 12.1 Å². The molecule has 0 aliphatic rings. The Morgan fingerprint density at radius 3 is 2.57 bits per heavy atom. The number of halogens is 2. The third kappa shape index (κ3) is 3.15. The molecule has 0 aliphatic heterocycles. The highest BCUT2D eigenvalue weighted by Gasteiger charge is 2.16. The molecule has 0 amide bonds. The van der Waals surface area contributed by atoms with Gasteiger partial charge in [-0.3, -0.25) is 0 Å². The topological polar surface area (TPSA) is 46.2 Å². The minimum atomic E-state index is -0.360. The molecule has 0 saturated heterocycles. The van der Waals surface area contributed by atoms with Crippen LogP contribution in [0.1, 0.15) is 19.4 Å². The first kappa shape index (κ1) is 11.8. The van der Waals surface area contributed by atoms with Crippen molar-refractivity contribution in [3.63, 3.8) is 0 Å². The van der Waals surface area contributed by atoms with E-state index in [2.05, 4.69) is 15.9 Å². The van der Waals surface area contributed by atoms with Gasteiger partial charge in [-0.1, -0.05) is 11.6 Å². The first-order valence-corrected chi connectivity index (χ1v) is 5.42. The van der Waals surface area contributed by atoms with Crippen molar-refractivity contribution in [1.82, 2.24) is 0 Å². The first-order chi connectivity index (χ1) is 6.29. The molecule has 1 rings (SSSR count). The zero-order valence-electron chi connectivity index (χ0n) is 8.14. The lowest BCUT2D eigenvalue weighted by Crippen LogP contribution is -2.34. The fourth-order valence-electron chi connectivity index (χ4n) is 1.24. The lowest BCUT2D eigenvalue weighted by Gasteiger charge is -2.19. The molecule has 4 heteroatoms. The maximum atomic E-state index is 9.72. The van der Waals surface area contributed by atoms with E-state index in [4.69, 9.17) is 17.3 Å². The quantitative estimate of drug-likeness (QED) is 0.873. The predicted octanol–water partition coefficient (Wildman–Crippen LogP) is 3.09. The Morgan fingerprint density at radius 2 is 2.07 bits per heavy atom. The second-order valence-corrected chi connectivity index (χ2v) is 5.35. The Kier molecular flexibility index (Phi) is 3.45. The number of hydrogen-bond donors (Lipinski definition) is 2. The molecule has 0 bridgehead atoms. The molecule has 0 unspecified atom stereocenters. The Labute approximate surface area is 97.2 Å². The molecule has 1 aromatic carbocycles. The van der Waals surface area contributed by atoms with E-state index >= 15 is 0 Å². The average molecular weight is 279 g/mol. The molecule has 0 fully saturated rings. The van der Waals surface area contributed by atoms with Crippen LogP contribution in [-0.4, -0.2) is 10.6 Å². The minimum absolute atomic E-state index is 0.216. The summed E-state index contributed by atoms with van der Waals surface area (Å²) in [5, 5.41) is 10.3. The monoisotopic (exact) mass is 277 g/mol. The number of phenols is 1. The molecule has 78 valence electrons. The van der Waals surface area contributed by atoms with Crippen molar-refractivity contribution in [3.8, 4) is 5.75 Å². The van der Waals surface area contributed by atoms with Crippen LogP contribution in [0.5, 0.6) is 5.75 Å². The third-order valence-corrected chi connectivity index (χ3v) is 2.58. The highest BCUT2D eigenvalue weighted by atomic mass is 79.9. The van der Waals surface area contributed by atoms with Gasteiger partial charge >= 0.3 is 0 Å². The van der Waals surface area contributed by atoms with E-state index in [0.717, 1.165) is 5.56 Å². The Balaban J connectivity index is 3.09. The number of nitrogens with two attached hydrogens (primary N) is 1. The highest BCUT2D eigenvalue weighted by Crippen LogP contribution is 2.33. The summed E-state index contributed by atoms with van der Waals surface area (Å²) < 4.78 is 0.601. The molecule has 0 saturated carbocycles. The van der Waals surface area contributed by atoms with Gasteiger partial charge < -0.3 is 10.8 Å². The van der Waals surface area contributed by atoms with Crippen molar-refractivity contribution < 1.29 is 5.11 Å². The molecule has 0 aliphatic carbocycles. The summed E-state index contributed by atoms with van der Waals surface area (Å²) in [5.74, 6) is 0.216. The van der Waals surface area contributed by atoms with Gasteiger partial charge in [-0.15, -0.1) is 0 Å². The summed E-state index contributed by atoms with van der Waals surface area (Å²) in [4.78, 5) is 0. The van der Waals surface area contributed by atoms with Crippen molar-refractivity contribution in [1.29, 1.82) is 0 Å². The SMILES string of the molecule is CC(C)(N)Cc1cc(Cl)cc(Br)c1O. The van der Waals surface area contributed by atoms with Crippen LogP contribution in [0, 0.1) is 0 Å². The van der Waals surface area contributed by atoms with Gasteiger partial charge in [0.15, 0.2) is 0 Å². The van der Waals surface area contributed by atoms with Gasteiger partial charge in [0.25, 0.3) is 0 Å². The highest BCUT2D eigenvalue weighted by molar-refractivity contribution is 9.10. The molecule has 0 atom stereocenters. The van der Waals surface area contributed by atoms with Gasteiger partial charge in [-0.25, -0.2) is 0 Å². The Morgan fingerprint density at radius 1 is 1.50 bits per heavy atom. The van der Waals surface area contributed by atoms with Gasteiger partial charge in [0.05, 0.1) is 4.47 Å². The van der Waals surface area contributed by atoms with Crippen LogP contribution in [0.2, 0.25) is 5.02 Å². The summed E-state index contributed by atoms with van der Waals surface area (Å²) >= 11 is 9.10. The van der Waals surface area contributed by atoms with Crippen LogP contribution in [-0.2, 0) is 6.42 Å². The lowest BCUT2D eigenvalue weighted by molar-refractivity contribution is 0.447. The summed E-state index contributed by atoms with van der Waals surface area (Å²) in [6.45, 7) is 3.81. The van der Waals surface area contributed by atoms with Gasteiger partial charge in [0.1, 0.15) is 5.75 Å². The summed E-state index contributed by atoms with van der Waals surface area (Å²) in [5.41, 5.74) is 6.27. The standard InChI is InChI=1S/C10H13BrClNO/c1-10(2,13)5-6-3-7(12)4-8(11)9(6)14/h3-4,14H,5,13H2,1-2H3. The predicted molar refractivity (Wildman–Crippen MR) is 62.8 cm³/mol. The largest absolute Gasteiger partial charge is 0.506 e. The third-order valence-electron chi connectivity index (χ3n) is 1.75. The molecular weight excluding hydrogens is 265 g/mol. The van der Waals surface area contributed by atoms with Crippen LogP contribution in [0.3, 0.4) is 0 Å². The molecule has 0 spiro atoms. The number of benzene rings is 1. The van der Waals surface area contributed by atoms with Crippen molar-refractivity contribution in [2.24, 2.45) is 5.73 Å². The van der Waals surface area contributed by atoms with Gasteiger partial charge in [0.2, 0.25) is 0 Å². The second kappa shape index (κ2) is 4.09. The van der Waals surface area contributed by atoms with E-state index in [1.165, 1.54) is 0 Å². The van der Waals surface area contributed by atoms with Crippen LogP contribution in [0.4, 0.5) is 0 Å². The van der Waals surface area contributed by atoms with Crippen LogP contribution >= 0.6 is 27.5 Å². The summed E-state index contributed by atoms with van der Waals surface area (Å²) in [6.07, 6.45) is 0.581. The van der Waals surface area contributed by atoms with E-state index in [1.807, 2.05) is 13.8 Å². The van der Waals surface area contributed by atoms with E-state index in [-0.39, 0.29) is 11.3 Å². The molecule has 3 N–H and O–H groups in total. The molecule has 14 heavy (non-hydrogen) atoms. The number of rotatable bonds is 2. The van der Waals surface area contributed by atoms with Crippen LogP contribution < -0.4 is 5.73 Å². The Bertz CT molecular complexity index is 347. The lowest BCUT2D eigenvalue weighted by atomic mass is 9.96. The van der Waals surface area contributed by atoms with E-state index in [0.29, 0.717) is 15.9 Å². The van der Waals surface area contributed by atoms with Crippen molar-refractivity contribution in [2.45, 2.75) is 25.8 Å². The normalized spacial score (nSPS) is 11.8. The summed E-state index contributed by atoms with van der Waals surface area (Å²) in [6, 6.07) is 3.39. The van der Waals surface area contributed by atoms with Gasteiger partial charge in [-0.2, -0.15) is 0 Å². The summed E-state index contributed by atoms with van der Waals surface area (Å²) in [7, 11) is 0. The van der Waals surface area contributed by atoms with Crippen molar-refractivity contribution >= 4 is 27.5 Å². The molecule has 0 heterocycles. The van der Waals surface area contributed by atoms with Gasteiger partial charge in [-0.05, 0) is 53.9 Å². The molecule has 0 aromatic heterocycles. The number of hydrogen-bond acceptors (Lipinski definition) is 2. The first-order valence-electron chi connectivity index (χ1n) is 4.25. The minimum Gasteiger partial charge on any atom is -0.506 e. The van der Waals surface area contributed by atoms with Crippen molar-refractivity contribution in [2.75, 3.05) is 0 Å². The maximum absolute atomic E-state index is 9.72. The Hall–Kier alpha value is -0.250. The fraction of sp³-hybridized carbons (Fsp3) is 0.400. The second-order valence-electron chi connectivity index (χ2n) is 4.06. The molecule has 0 radical (unpaired) electrons. The smallest absolute Gasteiger partial charge is 0.133 e. The van der Waals surface area contributed by atoms with E-state index < -0.39 is 0 Å². The van der Waals surface area contributed by atoms with Gasteiger partial charge in [0, 0.05) is 10.6 Å². The zero-order valence-corrected chi connectivity index (χ0v) is 10.5. The fourth-order valence-corrected chi connectivity index (χ4v) is 2.12. The molecule has 1 aromatic rings. The number of aromatic hydroxyl groups is 1. The molecular formula is C10H13BrClNO. The van der Waals surface area contributed by atoms with Crippen LogP contribution in [0.25, 0.3) is 0 Å². The van der Waals surface area contributed by atoms with E-state index in [9.17, 15) is 5.11 Å².